The van der Waals surface area contributed by atoms with Gasteiger partial charge in [-0.2, -0.15) is 4.99 Å². The van der Waals surface area contributed by atoms with Crippen LogP contribution >= 0.6 is 0 Å². The van der Waals surface area contributed by atoms with Crippen LogP contribution in [-0.4, -0.2) is 11.1 Å². The summed E-state index contributed by atoms with van der Waals surface area (Å²) in [5, 5.41) is 0. The fourth-order valence-corrected chi connectivity index (χ4v) is 2.31. The first-order valence-electron chi connectivity index (χ1n) is 5.46. The maximum absolute atomic E-state index is 11.1. The van der Waals surface area contributed by atoms with Gasteiger partial charge < -0.3 is 4.42 Å². The first kappa shape index (κ1) is 10.1. The minimum Gasteiger partial charge on any atom is -0.408 e. The molecule has 1 aliphatic rings. The molecular weight excluding hydrogens is 220 g/mol. The first-order valence-corrected chi connectivity index (χ1v) is 5.46. The number of nitrogens with one attached hydrogen (secondary N) is 1. The molecule has 1 aliphatic carbocycles. The molecule has 5 heteroatoms. The minimum absolute atomic E-state index is 0.440. The predicted octanol–water partition coefficient (Wildman–Crippen LogP) is 1.84. The molecule has 1 N–H and O–H groups in total. The Morgan fingerprint density at radius 2 is 2.24 bits per heavy atom. The molecule has 3 rings (SSSR count). The number of oxazole rings is 1. The van der Waals surface area contributed by atoms with E-state index in [1.165, 1.54) is 0 Å². The summed E-state index contributed by atoms with van der Waals surface area (Å²) < 4.78 is 4.93. The van der Waals surface area contributed by atoms with Crippen LogP contribution in [-0.2, 0) is 10.3 Å². The molecule has 0 unspecified atom stereocenters. The third-order valence-corrected chi connectivity index (χ3v) is 3.40. The van der Waals surface area contributed by atoms with Gasteiger partial charge in [-0.3, -0.25) is 4.98 Å². The van der Waals surface area contributed by atoms with Gasteiger partial charge in [-0.05, 0) is 37.0 Å². The van der Waals surface area contributed by atoms with Crippen molar-refractivity contribution in [1.29, 1.82) is 0 Å². The lowest BCUT2D eigenvalue weighted by Crippen LogP contribution is -2.31. The van der Waals surface area contributed by atoms with E-state index in [2.05, 4.69) is 9.98 Å². The van der Waals surface area contributed by atoms with E-state index < -0.39 is 11.3 Å². The lowest BCUT2D eigenvalue weighted by Gasteiger charge is -2.37. The van der Waals surface area contributed by atoms with Crippen LogP contribution in [0.15, 0.2) is 32.4 Å². The van der Waals surface area contributed by atoms with E-state index >= 15 is 0 Å². The van der Waals surface area contributed by atoms with E-state index in [0.29, 0.717) is 11.1 Å². The Hall–Kier alpha value is -2.13. The van der Waals surface area contributed by atoms with E-state index in [-0.39, 0.29) is 0 Å². The van der Waals surface area contributed by atoms with Crippen LogP contribution in [0.4, 0.5) is 0 Å². The van der Waals surface area contributed by atoms with Gasteiger partial charge in [0.15, 0.2) is 5.58 Å². The van der Waals surface area contributed by atoms with E-state index in [1.807, 2.05) is 12.1 Å². The Bertz CT molecular complexity index is 672. The van der Waals surface area contributed by atoms with Crippen LogP contribution in [0, 0.1) is 0 Å². The molecule has 1 saturated carbocycles. The molecule has 0 spiro atoms. The minimum atomic E-state index is -0.473. The van der Waals surface area contributed by atoms with E-state index in [1.54, 1.807) is 12.1 Å². The fraction of sp³-hybridized carbons (Fsp3) is 0.333. The molecule has 0 bridgehead atoms. The molecule has 86 valence electrons. The second kappa shape index (κ2) is 3.43. The Morgan fingerprint density at radius 1 is 1.41 bits per heavy atom. The van der Waals surface area contributed by atoms with Crippen LogP contribution in [0.2, 0.25) is 0 Å². The average molecular weight is 230 g/mol. The van der Waals surface area contributed by atoms with Gasteiger partial charge in [0.25, 0.3) is 0 Å². The van der Waals surface area contributed by atoms with Gasteiger partial charge in [0.1, 0.15) is 0 Å². The molecule has 1 aromatic heterocycles. The van der Waals surface area contributed by atoms with Crippen molar-refractivity contribution in [1.82, 2.24) is 4.98 Å². The molecule has 5 nitrogen and oxygen atoms in total. The second-order valence-electron chi connectivity index (χ2n) is 4.31. The number of aromatic nitrogens is 1. The first-order chi connectivity index (χ1) is 8.23. The number of isocyanates is 1. The monoisotopic (exact) mass is 230 g/mol. The average Bonchev–Trinajstić information content (AvgIpc) is 2.62. The molecular formula is C12H10N2O3. The Balaban J connectivity index is 2.16. The number of rotatable bonds is 2. The van der Waals surface area contributed by atoms with Crippen LogP contribution in [0.5, 0.6) is 0 Å². The molecule has 1 fully saturated rings. The van der Waals surface area contributed by atoms with Crippen molar-refractivity contribution in [3.63, 3.8) is 0 Å². The zero-order chi connectivity index (χ0) is 11.9. The van der Waals surface area contributed by atoms with Gasteiger partial charge in [0, 0.05) is 0 Å². The molecule has 0 aliphatic heterocycles. The Labute approximate surface area is 96.2 Å². The quantitative estimate of drug-likeness (QED) is 0.631. The number of nitrogens with zero attached hydrogens (tertiary/aromatic N) is 1. The zero-order valence-corrected chi connectivity index (χ0v) is 9.03. The number of aromatic amines is 1. The maximum Gasteiger partial charge on any atom is 0.417 e. The van der Waals surface area contributed by atoms with E-state index in [4.69, 9.17) is 4.42 Å². The highest BCUT2D eigenvalue weighted by Crippen LogP contribution is 2.45. The third kappa shape index (κ3) is 1.44. The van der Waals surface area contributed by atoms with Crippen LogP contribution in [0.1, 0.15) is 24.8 Å². The second-order valence-corrected chi connectivity index (χ2v) is 4.31. The van der Waals surface area contributed by atoms with E-state index in [9.17, 15) is 9.59 Å². The van der Waals surface area contributed by atoms with Gasteiger partial charge in [-0.1, -0.05) is 6.07 Å². The highest BCUT2D eigenvalue weighted by Gasteiger charge is 2.39. The van der Waals surface area contributed by atoms with Gasteiger partial charge in [0.05, 0.1) is 11.1 Å². The Morgan fingerprint density at radius 3 is 2.88 bits per heavy atom. The number of carbonyl (C=O) groups excluding carboxylic acids is 1. The van der Waals surface area contributed by atoms with Crippen LogP contribution < -0.4 is 5.76 Å². The number of aliphatic imine (C=N–C) groups is 1. The number of benzene rings is 1. The van der Waals surface area contributed by atoms with Crippen molar-refractivity contribution < 1.29 is 9.21 Å². The number of hydrogen-bond acceptors (Lipinski definition) is 4. The van der Waals surface area contributed by atoms with E-state index in [0.717, 1.165) is 24.8 Å². The molecule has 0 saturated heterocycles. The third-order valence-electron chi connectivity index (χ3n) is 3.40. The summed E-state index contributed by atoms with van der Waals surface area (Å²) >= 11 is 0. The smallest absolute Gasteiger partial charge is 0.408 e. The van der Waals surface area contributed by atoms with Gasteiger partial charge in [0.2, 0.25) is 6.08 Å². The molecule has 1 heterocycles. The topological polar surface area (TPSA) is 75.4 Å². The summed E-state index contributed by atoms with van der Waals surface area (Å²) in [4.78, 5) is 28.1. The molecule has 1 aromatic carbocycles. The molecule has 17 heavy (non-hydrogen) atoms. The molecule has 2 aromatic rings. The molecule has 0 atom stereocenters. The molecule has 0 amide bonds. The van der Waals surface area contributed by atoms with Gasteiger partial charge in [-0.15, -0.1) is 0 Å². The Kier molecular flexibility index (Phi) is 2.03. The lowest BCUT2D eigenvalue weighted by atomic mass is 9.72. The normalized spacial score (nSPS) is 17.4. The van der Waals surface area contributed by atoms with Crippen molar-refractivity contribution in [3.8, 4) is 0 Å². The lowest BCUT2D eigenvalue weighted by molar-refractivity contribution is 0.256. The number of fused-ring (bicyclic) bond motifs is 1. The summed E-state index contributed by atoms with van der Waals surface area (Å²) in [7, 11) is 0. The zero-order valence-electron chi connectivity index (χ0n) is 9.03. The summed E-state index contributed by atoms with van der Waals surface area (Å²) in [5.74, 6) is -0.473. The van der Waals surface area contributed by atoms with Crippen LogP contribution in [0.3, 0.4) is 0 Å². The van der Waals surface area contributed by atoms with Crippen molar-refractivity contribution in [2.75, 3.05) is 0 Å². The highest BCUT2D eigenvalue weighted by molar-refractivity contribution is 5.73. The highest BCUT2D eigenvalue weighted by atomic mass is 16.4. The summed E-state index contributed by atoms with van der Waals surface area (Å²) in [6, 6.07) is 5.39. The predicted molar refractivity (Wildman–Crippen MR) is 60.5 cm³/mol. The largest absolute Gasteiger partial charge is 0.417 e. The van der Waals surface area contributed by atoms with Crippen LogP contribution in [0.25, 0.3) is 11.1 Å². The summed E-state index contributed by atoms with van der Waals surface area (Å²) in [5.41, 5.74) is 1.64. The van der Waals surface area contributed by atoms with Crippen molar-refractivity contribution >= 4 is 17.2 Å². The molecule has 0 radical (unpaired) electrons. The maximum atomic E-state index is 11.1. The van der Waals surface area contributed by atoms with Crippen molar-refractivity contribution in [2.45, 2.75) is 24.8 Å². The number of hydrogen-bond donors (Lipinski definition) is 1. The van der Waals surface area contributed by atoms with Crippen molar-refractivity contribution in [2.24, 2.45) is 4.99 Å². The summed E-state index contributed by atoms with van der Waals surface area (Å²) in [6.45, 7) is 0. The number of H-pyrrole nitrogens is 1. The standard InChI is InChI=1S/C12H10N2O3/c15-7-13-12(4-1-5-12)8-2-3-10-9(6-8)14-11(16)17-10/h2-3,6H,1,4-5H2,(H,14,16). The van der Waals surface area contributed by atoms with Gasteiger partial charge >= 0.3 is 5.76 Å². The fourth-order valence-electron chi connectivity index (χ4n) is 2.31. The van der Waals surface area contributed by atoms with Crippen molar-refractivity contribution in [3.05, 3.63) is 34.3 Å². The SMILES string of the molecule is O=C=NC1(c2ccc3oc(=O)[nH]c3c2)CCC1. The summed E-state index contributed by atoms with van der Waals surface area (Å²) in [6.07, 6.45) is 4.37. The van der Waals surface area contributed by atoms with Gasteiger partial charge in [-0.25, -0.2) is 9.59 Å².